The molecule has 274 valence electrons. The van der Waals surface area contributed by atoms with Gasteiger partial charge in [-0.05, 0) is 90.4 Å². The molecule has 0 saturated heterocycles. The Kier molecular flexibility index (Phi) is 7.86. The quantitative estimate of drug-likeness (QED) is 0.0867. The fraction of sp³-hybridized carbons (Fsp3) is 0.0357. The Bertz CT molecular complexity index is 3020. The van der Waals surface area contributed by atoms with Crippen LogP contribution in [-0.4, -0.2) is 12.6 Å². The summed E-state index contributed by atoms with van der Waals surface area (Å²) >= 11 is 0. The third-order valence-corrected chi connectivity index (χ3v) is 17.8. The third-order valence-electron chi connectivity index (χ3n) is 13.0. The Morgan fingerprint density at radius 1 is 0.483 bits per heavy atom. The summed E-state index contributed by atoms with van der Waals surface area (Å²) in [7, 11) is -2.64. The van der Waals surface area contributed by atoms with Crippen molar-refractivity contribution in [2.75, 3.05) is 0 Å². The summed E-state index contributed by atoms with van der Waals surface area (Å²) in [6.45, 7) is 6.43. The lowest BCUT2D eigenvalue weighted by atomic mass is 9.65. The molecule has 0 fully saturated rings. The van der Waals surface area contributed by atoms with E-state index in [4.69, 9.17) is 0 Å². The summed E-state index contributed by atoms with van der Waals surface area (Å²) in [5.41, 5.74) is 13.6. The van der Waals surface area contributed by atoms with Gasteiger partial charge in [-0.15, -0.1) is 0 Å². The minimum atomic E-state index is -2.64. The Hall–Kier alpha value is -7.00. The van der Waals surface area contributed by atoms with Crippen LogP contribution in [0.3, 0.4) is 0 Å². The van der Waals surface area contributed by atoms with Gasteiger partial charge in [-0.25, -0.2) is 0 Å². The summed E-state index contributed by atoms with van der Waals surface area (Å²) in [6.07, 6.45) is 6.24. The van der Waals surface area contributed by atoms with Gasteiger partial charge >= 0.3 is 0 Å². The fourth-order valence-electron chi connectivity index (χ4n) is 10.6. The van der Waals surface area contributed by atoms with Gasteiger partial charge in [0.25, 0.3) is 0 Å². The van der Waals surface area contributed by atoms with Crippen molar-refractivity contribution >= 4 is 56.3 Å². The molecular weight excluding hydrogens is 715 g/mol. The molecule has 1 aliphatic heterocycles. The van der Waals surface area contributed by atoms with E-state index in [-0.39, 0.29) is 0 Å². The normalized spacial score (nSPS) is 15.7. The molecule has 1 nitrogen and oxygen atoms in total. The van der Waals surface area contributed by atoms with E-state index in [2.05, 4.69) is 230 Å². The lowest BCUT2D eigenvalue weighted by Gasteiger charge is -2.40. The second-order valence-electron chi connectivity index (χ2n) is 15.6. The van der Waals surface area contributed by atoms with E-state index in [1.165, 1.54) is 92.8 Å². The van der Waals surface area contributed by atoms with E-state index in [9.17, 15) is 0 Å². The minimum Gasteiger partial charge on any atom is -0.309 e. The monoisotopic (exact) mass is 755 g/mol. The molecule has 2 heterocycles. The maximum absolute atomic E-state index is 4.08. The lowest BCUT2D eigenvalue weighted by Crippen LogP contribution is -2.74. The second-order valence-corrected chi connectivity index (χ2v) is 19.5. The standard InChI is InChI=1S/C56H41NSi/c1-3-4-30-53-39(2)56(51-29-18-27-49-48-26-15-17-31-54(48)57(53)55(49)51)50-28-16-14-25-46(50)47-37-34-41(38-52(47)56)40-32-35-45(36-33-40)58(42-19-8-5-9-20-42,43-21-10-6-11-22-43)44-23-12-7-13-24-44/h3-38H,1H2,2H3/b30-4-. The maximum Gasteiger partial charge on any atom is 0.179 e. The number of allylic oxidation sites excluding steroid dienone is 5. The van der Waals surface area contributed by atoms with Crippen molar-refractivity contribution in [1.82, 2.24) is 4.57 Å². The molecule has 11 rings (SSSR count). The highest BCUT2D eigenvalue weighted by molar-refractivity contribution is 7.19. The van der Waals surface area contributed by atoms with E-state index in [1.807, 2.05) is 6.08 Å². The number of nitrogens with zero attached hydrogens (tertiary/aromatic N) is 1. The zero-order valence-electron chi connectivity index (χ0n) is 32.4. The van der Waals surface area contributed by atoms with E-state index in [1.54, 1.807) is 0 Å². The summed E-state index contributed by atoms with van der Waals surface area (Å²) < 4.78 is 2.49. The van der Waals surface area contributed by atoms with Crippen molar-refractivity contribution in [3.05, 3.63) is 247 Å². The SMILES string of the molecule is C=C/C=C\C1=C(C)C2(c3ccccc3-c3ccc(-c4ccc([Si](c5ccccc5)(c5ccccc5)c5ccccc5)cc4)cc32)c2cccc3c4ccccc4n1c23. The van der Waals surface area contributed by atoms with Gasteiger partial charge in [0.15, 0.2) is 8.07 Å². The number of benzene rings is 8. The Labute approximate surface area is 341 Å². The first kappa shape index (κ1) is 34.3. The molecule has 9 aromatic rings. The van der Waals surface area contributed by atoms with Crippen LogP contribution < -0.4 is 20.7 Å². The van der Waals surface area contributed by atoms with Gasteiger partial charge in [0.1, 0.15) is 0 Å². The average molecular weight is 756 g/mol. The van der Waals surface area contributed by atoms with Gasteiger partial charge in [-0.2, -0.15) is 0 Å². The molecule has 0 saturated carbocycles. The first-order chi connectivity index (χ1) is 28.7. The van der Waals surface area contributed by atoms with Crippen LogP contribution in [0.5, 0.6) is 0 Å². The molecule has 0 N–H and O–H groups in total. The van der Waals surface area contributed by atoms with Crippen LogP contribution in [0, 0.1) is 0 Å². The predicted octanol–water partition coefficient (Wildman–Crippen LogP) is 11.1. The zero-order valence-corrected chi connectivity index (χ0v) is 33.4. The average Bonchev–Trinajstić information content (AvgIpc) is 3.78. The van der Waals surface area contributed by atoms with E-state index in [0.717, 1.165) is 0 Å². The number of hydrogen-bond donors (Lipinski definition) is 0. The van der Waals surface area contributed by atoms with Crippen LogP contribution in [0.1, 0.15) is 23.6 Å². The second kappa shape index (κ2) is 13.3. The lowest BCUT2D eigenvalue weighted by molar-refractivity contribution is 0.736. The summed E-state index contributed by atoms with van der Waals surface area (Å²) in [6, 6.07) is 75.1. The Balaban J connectivity index is 1.14. The van der Waals surface area contributed by atoms with Crippen LogP contribution in [0.25, 0.3) is 49.8 Å². The largest absolute Gasteiger partial charge is 0.309 e. The van der Waals surface area contributed by atoms with E-state index < -0.39 is 13.5 Å². The number of hydrogen-bond acceptors (Lipinski definition) is 0. The molecule has 1 aliphatic carbocycles. The molecule has 1 unspecified atom stereocenters. The Morgan fingerprint density at radius 2 is 1.02 bits per heavy atom. The molecule has 1 spiro atoms. The third kappa shape index (κ3) is 4.64. The van der Waals surface area contributed by atoms with Crippen LogP contribution >= 0.6 is 0 Å². The predicted molar refractivity (Wildman–Crippen MR) is 248 cm³/mol. The fourth-order valence-corrected chi connectivity index (χ4v) is 15.4. The first-order valence-corrected chi connectivity index (χ1v) is 22.2. The molecular formula is C56H41NSi. The smallest absolute Gasteiger partial charge is 0.179 e. The van der Waals surface area contributed by atoms with Gasteiger partial charge < -0.3 is 4.57 Å². The number of fused-ring (bicyclic) bond motifs is 9. The van der Waals surface area contributed by atoms with Gasteiger partial charge in [0, 0.05) is 16.5 Å². The molecule has 0 bridgehead atoms. The molecule has 1 atom stereocenters. The van der Waals surface area contributed by atoms with Crippen molar-refractivity contribution in [3.8, 4) is 22.3 Å². The number of para-hydroxylation sites is 2. The summed E-state index contributed by atoms with van der Waals surface area (Å²) in [5, 5.41) is 8.06. The molecule has 0 amide bonds. The highest BCUT2D eigenvalue weighted by Gasteiger charge is 2.50. The van der Waals surface area contributed by atoms with Crippen LogP contribution in [0.15, 0.2) is 231 Å². The Morgan fingerprint density at radius 3 is 1.69 bits per heavy atom. The highest BCUT2D eigenvalue weighted by atomic mass is 28.3. The van der Waals surface area contributed by atoms with E-state index >= 15 is 0 Å². The minimum absolute atomic E-state index is 0.484. The van der Waals surface area contributed by atoms with Gasteiger partial charge in [0.05, 0.1) is 16.4 Å². The van der Waals surface area contributed by atoms with Gasteiger partial charge in [-0.1, -0.05) is 207 Å². The topological polar surface area (TPSA) is 4.93 Å². The van der Waals surface area contributed by atoms with Crippen molar-refractivity contribution in [1.29, 1.82) is 0 Å². The molecule has 0 radical (unpaired) electrons. The van der Waals surface area contributed by atoms with Crippen LogP contribution in [-0.2, 0) is 5.41 Å². The van der Waals surface area contributed by atoms with Crippen molar-refractivity contribution in [2.24, 2.45) is 0 Å². The molecule has 2 heteroatoms. The summed E-state index contributed by atoms with van der Waals surface area (Å²) in [4.78, 5) is 0. The van der Waals surface area contributed by atoms with Crippen molar-refractivity contribution in [2.45, 2.75) is 12.3 Å². The van der Waals surface area contributed by atoms with Gasteiger partial charge in [0.2, 0.25) is 0 Å². The van der Waals surface area contributed by atoms with Crippen molar-refractivity contribution in [3.63, 3.8) is 0 Å². The first-order valence-electron chi connectivity index (χ1n) is 20.2. The molecule has 8 aromatic carbocycles. The van der Waals surface area contributed by atoms with Crippen LogP contribution in [0.2, 0.25) is 0 Å². The van der Waals surface area contributed by atoms with Crippen LogP contribution in [0.4, 0.5) is 0 Å². The summed E-state index contributed by atoms with van der Waals surface area (Å²) in [5.74, 6) is 0. The van der Waals surface area contributed by atoms with Crippen molar-refractivity contribution < 1.29 is 0 Å². The highest BCUT2D eigenvalue weighted by Crippen LogP contribution is 2.61. The number of aromatic nitrogens is 1. The maximum atomic E-state index is 4.08. The van der Waals surface area contributed by atoms with Gasteiger partial charge in [-0.3, -0.25) is 0 Å². The number of rotatable bonds is 7. The molecule has 1 aromatic heterocycles. The molecule has 2 aliphatic rings. The molecule has 58 heavy (non-hydrogen) atoms. The van der Waals surface area contributed by atoms with E-state index in [0.29, 0.717) is 0 Å². The zero-order chi connectivity index (χ0) is 38.8.